The topological polar surface area (TPSA) is 70.0 Å². The van der Waals surface area contributed by atoms with Crippen LogP contribution in [0, 0.1) is 11.3 Å². The molecule has 0 heterocycles. The summed E-state index contributed by atoms with van der Waals surface area (Å²) in [5.74, 6) is 0. The fourth-order valence-corrected chi connectivity index (χ4v) is 3.14. The Labute approximate surface area is 132 Å². The molecule has 0 aliphatic rings. The van der Waals surface area contributed by atoms with Gasteiger partial charge in [0.2, 0.25) is 10.0 Å². The van der Waals surface area contributed by atoms with Gasteiger partial charge in [0.1, 0.15) is 0 Å². The standard InChI is InChI=1S/C15H13BrN2O2S/c16-14-6-4-12(5-7-14)8-9-18-21(19,20)15-3-1-2-13(10-15)11-17/h1-7,10,18H,8-9H2. The van der Waals surface area contributed by atoms with Gasteiger partial charge in [-0.3, -0.25) is 0 Å². The molecule has 0 atom stereocenters. The number of hydrogen-bond donors (Lipinski definition) is 1. The van der Waals surface area contributed by atoms with E-state index in [4.69, 9.17) is 5.26 Å². The zero-order valence-corrected chi connectivity index (χ0v) is 13.5. The molecule has 2 aromatic rings. The Morgan fingerprint density at radius 2 is 1.86 bits per heavy atom. The highest BCUT2D eigenvalue weighted by molar-refractivity contribution is 9.10. The van der Waals surface area contributed by atoms with Crippen molar-refractivity contribution < 1.29 is 8.42 Å². The largest absolute Gasteiger partial charge is 0.240 e. The number of halogens is 1. The fraction of sp³-hybridized carbons (Fsp3) is 0.133. The van der Waals surface area contributed by atoms with Gasteiger partial charge in [-0.15, -0.1) is 0 Å². The molecule has 6 heteroatoms. The normalized spacial score (nSPS) is 11.0. The molecule has 21 heavy (non-hydrogen) atoms. The number of hydrogen-bond acceptors (Lipinski definition) is 3. The molecule has 0 unspecified atom stereocenters. The molecule has 1 N–H and O–H groups in total. The van der Waals surface area contributed by atoms with E-state index in [1.165, 1.54) is 12.1 Å². The van der Waals surface area contributed by atoms with Crippen LogP contribution in [0.1, 0.15) is 11.1 Å². The number of benzene rings is 2. The Morgan fingerprint density at radius 3 is 2.52 bits per heavy atom. The third kappa shape index (κ3) is 4.39. The Bertz CT molecular complexity index is 765. The second-order valence-electron chi connectivity index (χ2n) is 4.41. The fourth-order valence-electron chi connectivity index (χ4n) is 1.80. The van der Waals surface area contributed by atoms with Crippen molar-refractivity contribution in [2.75, 3.05) is 6.54 Å². The van der Waals surface area contributed by atoms with Gasteiger partial charge in [-0.2, -0.15) is 5.26 Å². The maximum atomic E-state index is 12.1. The molecule has 0 saturated carbocycles. The molecule has 108 valence electrons. The van der Waals surface area contributed by atoms with E-state index in [0.29, 0.717) is 18.5 Å². The van der Waals surface area contributed by atoms with E-state index < -0.39 is 10.0 Å². The zero-order valence-electron chi connectivity index (χ0n) is 11.1. The summed E-state index contributed by atoms with van der Waals surface area (Å²) in [6, 6.07) is 15.6. The van der Waals surface area contributed by atoms with Crippen LogP contribution in [0.5, 0.6) is 0 Å². The van der Waals surface area contributed by atoms with E-state index in [-0.39, 0.29) is 4.90 Å². The van der Waals surface area contributed by atoms with E-state index in [1.807, 2.05) is 30.3 Å². The summed E-state index contributed by atoms with van der Waals surface area (Å²) in [6.07, 6.45) is 0.602. The Kier molecular flexibility index (Phi) is 5.12. The summed E-state index contributed by atoms with van der Waals surface area (Å²) >= 11 is 3.35. The van der Waals surface area contributed by atoms with Crippen molar-refractivity contribution in [2.24, 2.45) is 0 Å². The maximum absolute atomic E-state index is 12.1. The molecule has 0 spiro atoms. The third-order valence-electron chi connectivity index (χ3n) is 2.89. The number of sulfonamides is 1. The van der Waals surface area contributed by atoms with Gasteiger partial charge in [0.15, 0.2) is 0 Å². The van der Waals surface area contributed by atoms with Crippen LogP contribution in [0.2, 0.25) is 0 Å². The van der Waals surface area contributed by atoms with E-state index in [1.54, 1.807) is 12.1 Å². The first-order chi connectivity index (χ1) is 10.0. The van der Waals surface area contributed by atoms with E-state index in [0.717, 1.165) is 10.0 Å². The van der Waals surface area contributed by atoms with Gasteiger partial charge >= 0.3 is 0 Å². The molecule has 0 radical (unpaired) electrons. The first-order valence-corrected chi connectivity index (χ1v) is 8.53. The molecule has 0 aliphatic heterocycles. The highest BCUT2D eigenvalue weighted by Gasteiger charge is 2.13. The Morgan fingerprint density at radius 1 is 1.14 bits per heavy atom. The second-order valence-corrected chi connectivity index (χ2v) is 7.10. The molecule has 0 amide bonds. The predicted molar refractivity (Wildman–Crippen MR) is 84.2 cm³/mol. The SMILES string of the molecule is N#Cc1cccc(S(=O)(=O)NCCc2ccc(Br)cc2)c1. The minimum atomic E-state index is -3.58. The number of rotatable bonds is 5. The average molecular weight is 365 g/mol. The number of nitrogens with zero attached hydrogens (tertiary/aromatic N) is 1. The lowest BCUT2D eigenvalue weighted by molar-refractivity contribution is 0.581. The number of nitriles is 1. The summed E-state index contributed by atoms with van der Waals surface area (Å²) in [5, 5.41) is 8.81. The van der Waals surface area contributed by atoms with Gasteiger partial charge in [-0.25, -0.2) is 13.1 Å². The quantitative estimate of drug-likeness (QED) is 0.886. The Hall–Kier alpha value is -1.68. The lowest BCUT2D eigenvalue weighted by atomic mass is 10.2. The first-order valence-electron chi connectivity index (χ1n) is 6.25. The molecule has 0 saturated heterocycles. The zero-order chi connectivity index (χ0) is 15.3. The first kappa shape index (κ1) is 15.7. The second kappa shape index (κ2) is 6.85. The molecule has 2 rings (SSSR count). The van der Waals surface area contributed by atoms with Crippen LogP contribution >= 0.6 is 15.9 Å². The highest BCUT2D eigenvalue weighted by atomic mass is 79.9. The van der Waals surface area contributed by atoms with Crippen molar-refractivity contribution in [2.45, 2.75) is 11.3 Å². The molecular weight excluding hydrogens is 352 g/mol. The molecule has 2 aromatic carbocycles. The minimum absolute atomic E-state index is 0.109. The van der Waals surface area contributed by atoms with Crippen LogP contribution in [0.25, 0.3) is 0 Å². The lowest BCUT2D eigenvalue weighted by Gasteiger charge is -2.07. The Balaban J connectivity index is 2.01. The molecular formula is C15H13BrN2O2S. The average Bonchev–Trinajstić information content (AvgIpc) is 2.49. The predicted octanol–water partition coefficient (Wildman–Crippen LogP) is 2.84. The van der Waals surface area contributed by atoms with Crippen LogP contribution in [0.4, 0.5) is 0 Å². The third-order valence-corrected chi connectivity index (χ3v) is 4.88. The lowest BCUT2D eigenvalue weighted by Crippen LogP contribution is -2.26. The van der Waals surface area contributed by atoms with Crippen LogP contribution in [-0.2, 0) is 16.4 Å². The van der Waals surface area contributed by atoms with E-state index in [9.17, 15) is 8.42 Å². The molecule has 0 fully saturated rings. The van der Waals surface area contributed by atoms with E-state index in [2.05, 4.69) is 20.7 Å². The van der Waals surface area contributed by atoms with Crippen LogP contribution in [-0.4, -0.2) is 15.0 Å². The summed E-state index contributed by atoms with van der Waals surface area (Å²) in [5.41, 5.74) is 1.37. The smallest absolute Gasteiger partial charge is 0.211 e. The molecule has 0 aliphatic carbocycles. The summed E-state index contributed by atoms with van der Waals surface area (Å²) in [6.45, 7) is 0.306. The van der Waals surface area contributed by atoms with Crippen molar-refractivity contribution in [1.82, 2.24) is 4.72 Å². The van der Waals surface area contributed by atoms with Crippen LogP contribution < -0.4 is 4.72 Å². The van der Waals surface area contributed by atoms with Gasteiger partial charge in [0, 0.05) is 11.0 Å². The van der Waals surface area contributed by atoms with Gasteiger partial charge in [0.05, 0.1) is 16.5 Å². The van der Waals surface area contributed by atoms with Crippen molar-refractivity contribution >= 4 is 26.0 Å². The summed E-state index contributed by atoms with van der Waals surface area (Å²) in [4.78, 5) is 0.109. The van der Waals surface area contributed by atoms with Gasteiger partial charge in [-0.1, -0.05) is 34.1 Å². The molecule has 0 bridgehead atoms. The maximum Gasteiger partial charge on any atom is 0.240 e. The van der Waals surface area contributed by atoms with Gasteiger partial charge in [0.25, 0.3) is 0 Å². The van der Waals surface area contributed by atoms with E-state index >= 15 is 0 Å². The summed E-state index contributed by atoms with van der Waals surface area (Å²) in [7, 11) is -3.58. The van der Waals surface area contributed by atoms with Crippen molar-refractivity contribution in [3.63, 3.8) is 0 Å². The summed E-state index contributed by atoms with van der Waals surface area (Å²) < 4.78 is 27.8. The van der Waals surface area contributed by atoms with Crippen molar-refractivity contribution in [1.29, 1.82) is 5.26 Å². The van der Waals surface area contributed by atoms with Crippen LogP contribution in [0.15, 0.2) is 57.9 Å². The monoisotopic (exact) mass is 364 g/mol. The molecule has 4 nitrogen and oxygen atoms in total. The van der Waals surface area contributed by atoms with Crippen molar-refractivity contribution in [3.05, 3.63) is 64.1 Å². The number of nitrogens with one attached hydrogen (secondary N) is 1. The van der Waals surface area contributed by atoms with Crippen molar-refractivity contribution in [3.8, 4) is 6.07 Å². The minimum Gasteiger partial charge on any atom is -0.211 e. The highest BCUT2D eigenvalue weighted by Crippen LogP contribution is 2.12. The van der Waals surface area contributed by atoms with Gasteiger partial charge < -0.3 is 0 Å². The van der Waals surface area contributed by atoms with Gasteiger partial charge in [-0.05, 0) is 42.3 Å². The van der Waals surface area contributed by atoms with Crippen LogP contribution in [0.3, 0.4) is 0 Å². The molecule has 0 aromatic heterocycles.